The summed E-state index contributed by atoms with van der Waals surface area (Å²) in [7, 11) is 0. The van der Waals surface area contributed by atoms with Crippen LogP contribution in [0.4, 0.5) is 0 Å². The molecule has 2 N–H and O–H groups in total. The van der Waals surface area contributed by atoms with Crippen LogP contribution < -0.4 is 5.32 Å². The molecule has 0 spiro atoms. The molecule has 0 aliphatic carbocycles. The summed E-state index contributed by atoms with van der Waals surface area (Å²) in [5.41, 5.74) is 3.30. The third-order valence-electron chi connectivity index (χ3n) is 3.15. The molecule has 21 heavy (non-hydrogen) atoms. The van der Waals surface area contributed by atoms with Gasteiger partial charge in [-0.2, -0.15) is 5.10 Å². The number of carbonyl (C=O) groups is 1. The van der Waals surface area contributed by atoms with E-state index in [1.54, 1.807) is 6.08 Å². The quantitative estimate of drug-likeness (QED) is 0.622. The first-order valence-electron chi connectivity index (χ1n) is 6.85. The Bertz CT molecular complexity index is 617. The average molecular weight is 348 g/mol. The standard InChI is InChI=1S/C16H18BrN3O/c1-12-14(11-19-20-12)3-2-10-18-16(21)9-6-13-4-7-15(17)8-5-13/h4-9,11H,2-3,10H2,1H3,(H,18,21)(H,19,20). The summed E-state index contributed by atoms with van der Waals surface area (Å²) >= 11 is 3.38. The molecular formula is C16H18BrN3O. The Morgan fingerprint density at radius 2 is 2.14 bits per heavy atom. The molecule has 2 aromatic rings. The third kappa shape index (κ3) is 5.19. The van der Waals surface area contributed by atoms with Crippen LogP contribution >= 0.6 is 15.9 Å². The maximum atomic E-state index is 11.7. The van der Waals surface area contributed by atoms with Crippen molar-refractivity contribution in [3.8, 4) is 0 Å². The number of hydrogen-bond donors (Lipinski definition) is 2. The lowest BCUT2D eigenvalue weighted by molar-refractivity contribution is -0.116. The zero-order valence-electron chi connectivity index (χ0n) is 11.9. The van der Waals surface area contributed by atoms with Crippen molar-refractivity contribution < 1.29 is 4.79 Å². The molecule has 0 saturated carbocycles. The van der Waals surface area contributed by atoms with Gasteiger partial charge in [0.1, 0.15) is 0 Å². The van der Waals surface area contributed by atoms with Gasteiger partial charge < -0.3 is 5.32 Å². The van der Waals surface area contributed by atoms with Gasteiger partial charge in [-0.1, -0.05) is 28.1 Å². The van der Waals surface area contributed by atoms with E-state index in [-0.39, 0.29) is 5.91 Å². The summed E-state index contributed by atoms with van der Waals surface area (Å²) in [5.74, 6) is -0.0677. The molecule has 4 nitrogen and oxygen atoms in total. The lowest BCUT2D eigenvalue weighted by Crippen LogP contribution is -2.22. The lowest BCUT2D eigenvalue weighted by Gasteiger charge is -2.02. The first-order chi connectivity index (χ1) is 10.1. The normalized spacial score (nSPS) is 11.0. The average Bonchev–Trinajstić information content (AvgIpc) is 2.88. The Morgan fingerprint density at radius 3 is 2.81 bits per heavy atom. The van der Waals surface area contributed by atoms with Crippen molar-refractivity contribution in [2.75, 3.05) is 6.54 Å². The minimum absolute atomic E-state index is 0.0677. The van der Waals surface area contributed by atoms with Crippen LogP contribution in [0.2, 0.25) is 0 Å². The first kappa shape index (κ1) is 15.5. The molecule has 0 radical (unpaired) electrons. The van der Waals surface area contributed by atoms with E-state index in [2.05, 4.69) is 31.4 Å². The summed E-state index contributed by atoms with van der Waals surface area (Å²) in [5, 5.41) is 9.77. The van der Waals surface area contributed by atoms with Crippen molar-refractivity contribution in [2.45, 2.75) is 19.8 Å². The Hall–Kier alpha value is -1.88. The van der Waals surface area contributed by atoms with Gasteiger partial charge in [-0.25, -0.2) is 0 Å². The summed E-state index contributed by atoms with van der Waals surface area (Å²) in [6, 6.07) is 7.81. The predicted octanol–water partition coefficient (Wildman–Crippen LogP) is 3.24. The van der Waals surface area contributed by atoms with E-state index < -0.39 is 0 Å². The lowest BCUT2D eigenvalue weighted by atomic mass is 10.1. The second kappa shape index (κ2) is 7.78. The zero-order valence-corrected chi connectivity index (χ0v) is 13.5. The predicted molar refractivity (Wildman–Crippen MR) is 87.8 cm³/mol. The van der Waals surface area contributed by atoms with E-state index in [4.69, 9.17) is 0 Å². The van der Waals surface area contributed by atoms with E-state index in [1.165, 1.54) is 5.56 Å². The molecule has 0 aliphatic rings. The molecule has 0 aliphatic heterocycles. The Labute approximate surface area is 132 Å². The van der Waals surface area contributed by atoms with Gasteiger partial charge >= 0.3 is 0 Å². The number of halogens is 1. The minimum atomic E-state index is -0.0677. The number of rotatable bonds is 6. The molecule has 1 amide bonds. The summed E-state index contributed by atoms with van der Waals surface area (Å²) < 4.78 is 1.03. The summed E-state index contributed by atoms with van der Waals surface area (Å²) in [6.07, 6.45) is 7.02. The van der Waals surface area contributed by atoms with E-state index in [0.717, 1.165) is 28.6 Å². The smallest absolute Gasteiger partial charge is 0.243 e. The van der Waals surface area contributed by atoms with E-state index in [1.807, 2.05) is 43.5 Å². The first-order valence-corrected chi connectivity index (χ1v) is 7.65. The number of aromatic nitrogens is 2. The molecule has 0 saturated heterocycles. The second-order valence-corrected chi connectivity index (χ2v) is 5.72. The van der Waals surface area contributed by atoms with Crippen LogP contribution in [0.5, 0.6) is 0 Å². The van der Waals surface area contributed by atoms with E-state index in [9.17, 15) is 4.79 Å². The highest BCUT2D eigenvalue weighted by Gasteiger charge is 2.00. The molecule has 2 rings (SSSR count). The fourth-order valence-corrected chi connectivity index (χ4v) is 2.19. The van der Waals surface area contributed by atoms with Crippen molar-refractivity contribution in [3.63, 3.8) is 0 Å². The van der Waals surface area contributed by atoms with Crippen LogP contribution in [0.15, 0.2) is 41.0 Å². The number of H-pyrrole nitrogens is 1. The molecule has 1 aromatic heterocycles. The van der Waals surface area contributed by atoms with Crippen LogP contribution in [0.25, 0.3) is 6.08 Å². The van der Waals surface area contributed by atoms with Crippen molar-refractivity contribution in [3.05, 3.63) is 57.8 Å². The number of amides is 1. The van der Waals surface area contributed by atoms with Gasteiger partial charge in [-0.05, 0) is 49.1 Å². The van der Waals surface area contributed by atoms with Crippen LogP contribution in [0.3, 0.4) is 0 Å². The molecule has 1 heterocycles. The number of benzene rings is 1. The highest BCUT2D eigenvalue weighted by molar-refractivity contribution is 9.10. The monoisotopic (exact) mass is 347 g/mol. The number of hydrogen-bond acceptors (Lipinski definition) is 2. The molecule has 0 bridgehead atoms. The van der Waals surface area contributed by atoms with Gasteiger partial charge in [0.05, 0.1) is 6.20 Å². The summed E-state index contributed by atoms with van der Waals surface area (Å²) in [4.78, 5) is 11.7. The fraction of sp³-hybridized carbons (Fsp3) is 0.250. The van der Waals surface area contributed by atoms with Crippen LogP contribution in [-0.4, -0.2) is 22.6 Å². The molecule has 0 atom stereocenters. The van der Waals surface area contributed by atoms with Crippen molar-refractivity contribution in [2.24, 2.45) is 0 Å². The number of carbonyl (C=O) groups excluding carboxylic acids is 1. The fourth-order valence-electron chi connectivity index (χ4n) is 1.92. The highest BCUT2D eigenvalue weighted by Crippen LogP contribution is 2.11. The topological polar surface area (TPSA) is 57.8 Å². The van der Waals surface area contributed by atoms with Crippen molar-refractivity contribution in [1.82, 2.24) is 15.5 Å². The van der Waals surface area contributed by atoms with E-state index in [0.29, 0.717) is 6.54 Å². The van der Waals surface area contributed by atoms with Gasteiger partial charge in [0, 0.05) is 22.8 Å². The Balaban J connectivity index is 1.70. The minimum Gasteiger partial charge on any atom is -0.353 e. The zero-order chi connectivity index (χ0) is 15.1. The number of nitrogens with one attached hydrogen (secondary N) is 2. The van der Waals surface area contributed by atoms with Crippen molar-refractivity contribution in [1.29, 1.82) is 0 Å². The largest absolute Gasteiger partial charge is 0.353 e. The van der Waals surface area contributed by atoms with Gasteiger partial charge in [0.25, 0.3) is 0 Å². The molecule has 5 heteroatoms. The molecule has 110 valence electrons. The highest BCUT2D eigenvalue weighted by atomic mass is 79.9. The Morgan fingerprint density at radius 1 is 1.38 bits per heavy atom. The van der Waals surface area contributed by atoms with Crippen LogP contribution in [0.1, 0.15) is 23.2 Å². The summed E-state index contributed by atoms with van der Waals surface area (Å²) in [6.45, 7) is 2.66. The van der Waals surface area contributed by atoms with Crippen LogP contribution in [0, 0.1) is 6.92 Å². The van der Waals surface area contributed by atoms with Gasteiger partial charge in [-0.3, -0.25) is 9.89 Å². The van der Waals surface area contributed by atoms with Crippen LogP contribution in [-0.2, 0) is 11.2 Å². The maximum Gasteiger partial charge on any atom is 0.243 e. The van der Waals surface area contributed by atoms with Gasteiger partial charge in [-0.15, -0.1) is 0 Å². The van der Waals surface area contributed by atoms with Gasteiger partial charge in [0.15, 0.2) is 0 Å². The number of aromatic amines is 1. The number of nitrogens with zero attached hydrogens (tertiary/aromatic N) is 1. The maximum absolute atomic E-state index is 11.7. The molecule has 0 unspecified atom stereocenters. The second-order valence-electron chi connectivity index (χ2n) is 4.80. The Kier molecular flexibility index (Phi) is 5.75. The van der Waals surface area contributed by atoms with Crippen molar-refractivity contribution >= 4 is 27.9 Å². The van der Waals surface area contributed by atoms with Gasteiger partial charge in [0.2, 0.25) is 5.91 Å². The SMILES string of the molecule is Cc1[nH]ncc1CCCNC(=O)C=Cc1ccc(Br)cc1. The van der Waals surface area contributed by atoms with E-state index >= 15 is 0 Å². The third-order valence-corrected chi connectivity index (χ3v) is 3.68. The molecule has 1 aromatic carbocycles. The number of aryl methyl sites for hydroxylation is 2. The molecule has 0 fully saturated rings. The molecular weight excluding hydrogens is 330 g/mol.